The van der Waals surface area contributed by atoms with E-state index in [-0.39, 0.29) is 12.1 Å². The molecule has 1 aromatic heterocycles. The number of thiophene rings is 1. The molecule has 0 spiro atoms. The molecule has 3 rings (SSSR count). The van der Waals surface area contributed by atoms with E-state index in [4.69, 9.17) is 9.47 Å². The zero-order valence-electron chi connectivity index (χ0n) is 17.8. The molecule has 6 nitrogen and oxygen atoms in total. The molecule has 0 bridgehead atoms. The maximum Gasteiger partial charge on any atom is 0.329 e. The summed E-state index contributed by atoms with van der Waals surface area (Å²) in [7, 11) is 0. The van der Waals surface area contributed by atoms with E-state index in [1.807, 2.05) is 55.8 Å². The first-order valence-electron chi connectivity index (χ1n) is 10.3. The van der Waals surface area contributed by atoms with Gasteiger partial charge >= 0.3 is 5.97 Å². The minimum absolute atomic E-state index is 0.126. The number of hydrogen-bond donors (Lipinski definition) is 1. The second kappa shape index (κ2) is 10.1. The summed E-state index contributed by atoms with van der Waals surface area (Å²) in [5.74, 6) is 0.585. The number of amides is 1. The molecule has 1 aliphatic rings. The standard InChI is InChI=1S/C23H30N2O4S/c1-23(2,3)29-22(27)20(25(16-26)18-10-12-30-15-18)8-6-11-24-14-19-13-17-7-4-5-9-21(17)28-19/h4-5,7,9-10,12,15-16,19-20,24H,6,8,11,13-14H2,1-3H3. The Hall–Kier alpha value is -2.38. The lowest BCUT2D eigenvalue weighted by molar-refractivity contribution is -0.157. The lowest BCUT2D eigenvalue weighted by Crippen LogP contribution is -2.44. The molecular formula is C23H30N2O4S. The Bertz CT molecular complexity index is 807. The van der Waals surface area contributed by atoms with Crippen LogP contribution in [0.25, 0.3) is 0 Å². The predicted octanol–water partition coefficient (Wildman–Crippen LogP) is 3.79. The van der Waals surface area contributed by atoms with Crippen molar-refractivity contribution in [1.29, 1.82) is 0 Å². The summed E-state index contributed by atoms with van der Waals surface area (Å²) >= 11 is 1.49. The highest BCUT2D eigenvalue weighted by Gasteiger charge is 2.30. The topological polar surface area (TPSA) is 67.9 Å². The van der Waals surface area contributed by atoms with Crippen LogP contribution in [0.4, 0.5) is 5.69 Å². The summed E-state index contributed by atoms with van der Waals surface area (Å²) in [4.78, 5) is 26.0. The van der Waals surface area contributed by atoms with Gasteiger partial charge in [-0.15, -0.1) is 0 Å². The maximum atomic E-state index is 12.8. The Morgan fingerprint density at radius 3 is 2.83 bits per heavy atom. The number of carbonyl (C=O) groups is 2. The van der Waals surface area contributed by atoms with Crippen LogP contribution in [0.2, 0.25) is 0 Å². The number of hydrogen-bond acceptors (Lipinski definition) is 6. The van der Waals surface area contributed by atoms with Gasteiger partial charge in [-0.2, -0.15) is 11.3 Å². The molecule has 0 saturated heterocycles. The molecule has 0 radical (unpaired) electrons. The highest BCUT2D eigenvalue weighted by Crippen LogP contribution is 2.28. The van der Waals surface area contributed by atoms with Gasteiger partial charge in [-0.1, -0.05) is 18.2 Å². The summed E-state index contributed by atoms with van der Waals surface area (Å²) < 4.78 is 11.5. The summed E-state index contributed by atoms with van der Waals surface area (Å²) in [5, 5.41) is 7.16. The number of nitrogens with one attached hydrogen (secondary N) is 1. The third-order valence-electron chi connectivity index (χ3n) is 4.85. The van der Waals surface area contributed by atoms with Crippen LogP contribution < -0.4 is 15.0 Å². The molecule has 7 heteroatoms. The molecule has 1 amide bonds. The molecule has 2 aromatic rings. The van der Waals surface area contributed by atoms with E-state index in [1.165, 1.54) is 21.8 Å². The first-order valence-corrected chi connectivity index (χ1v) is 11.3. The molecule has 1 aliphatic heterocycles. The van der Waals surface area contributed by atoms with E-state index in [2.05, 4.69) is 11.4 Å². The molecule has 2 atom stereocenters. The SMILES string of the molecule is CC(C)(C)OC(=O)C(CCCNCC1Cc2ccccc2O1)N(C=O)c1ccsc1. The van der Waals surface area contributed by atoms with Crippen molar-refractivity contribution in [3.63, 3.8) is 0 Å². The van der Waals surface area contributed by atoms with Crippen LogP contribution in [-0.4, -0.2) is 43.2 Å². The lowest BCUT2D eigenvalue weighted by atomic mass is 10.1. The zero-order valence-corrected chi connectivity index (χ0v) is 18.6. The van der Waals surface area contributed by atoms with Crippen LogP contribution in [0.5, 0.6) is 5.75 Å². The maximum absolute atomic E-state index is 12.8. The quantitative estimate of drug-likeness (QED) is 0.353. The molecule has 0 saturated carbocycles. The smallest absolute Gasteiger partial charge is 0.329 e. The number of ether oxygens (including phenoxy) is 2. The Kier molecular flexibility index (Phi) is 7.50. The summed E-state index contributed by atoms with van der Waals surface area (Å²) in [5.41, 5.74) is 1.36. The fourth-order valence-corrected chi connectivity index (χ4v) is 4.15. The fraction of sp³-hybridized carbons (Fsp3) is 0.478. The third-order valence-corrected chi connectivity index (χ3v) is 5.52. The number of para-hydroxylation sites is 1. The van der Waals surface area contributed by atoms with E-state index in [1.54, 1.807) is 0 Å². The fourth-order valence-electron chi connectivity index (χ4n) is 3.51. The van der Waals surface area contributed by atoms with Crippen LogP contribution in [0.1, 0.15) is 39.2 Å². The third kappa shape index (κ3) is 6.06. The van der Waals surface area contributed by atoms with Gasteiger partial charge in [0.05, 0.1) is 5.69 Å². The molecule has 2 unspecified atom stereocenters. The van der Waals surface area contributed by atoms with Gasteiger partial charge in [0.25, 0.3) is 0 Å². The predicted molar refractivity (Wildman–Crippen MR) is 119 cm³/mol. The molecule has 0 fully saturated rings. The summed E-state index contributed by atoms with van der Waals surface area (Å²) in [6.45, 7) is 6.97. The Labute approximate surface area is 182 Å². The van der Waals surface area contributed by atoms with E-state index in [0.717, 1.165) is 37.4 Å². The largest absolute Gasteiger partial charge is 0.488 e. The second-order valence-electron chi connectivity index (χ2n) is 8.44. The van der Waals surface area contributed by atoms with Gasteiger partial charge in [0.1, 0.15) is 23.5 Å². The molecule has 1 N–H and O–H groups in total. The number of rotatable bonds is 10. The number of fused-ring (bicyclic) bond motifs is 1. The molecule has 0 aliphatic carbocycles. The number of esters is 1. The Morgan fingerprint density at radius 1 is 1.37 bits per heavy atom. The number of nitrogens with zero attached hydrogens (tertiary/aromatic N) is 1. The van der Waals surface area contributed by atoms with Crippen molar-refractivity contribution >= 4 is 29.4 Å². The first-order chi connectivity index (χ1) is 14.4. The Morgan fingerprint density at radius 2 is 2.17 bits per heavy atom. The van der Waals surface area contributed by atoms with Gasteiger partial charge in [0.15, 0.2) is 0 Å². The average Bonchev–Trinajstić information content (AvgIpc) is 3.35. The van der Waals surface area contributed by atoms with E-state index in [9.17, 15) is 9.59 Å². The van der Waals surface area contributed by atoms with Gasteiger partial charge < -0.3 is 14.8 Å². The normalized spacial score (nSPS) is 16.4. The van der Waals surface area contributed by atoms with Crippen molar-refractivity contribution in [3.8, 4) is 5.75 Å². The van der Waals surface area contributed by atoms with Gasteiger partial charge in [-0.3, -0.25) is 9.69 Å². The molecule has 162 valence electrons. The van der Waals surface area contributed by atoms with Crippen molar-refractivity contribution in [1.82, 2.24) is 5.32 Å². The molecule has 1 aromatic carbocycles. The van der Waals surface area contributed by atoms with Crippen LogP contribution in [0, 0.1) is 0 Å². The minimum atomic E-state index is -0.648. The van der Waals surface area contributed by atoms with Gasteiger partial charge in [0, 0.05) is 18.3 Å². The van der Waals surface area contributed by atoms with Crippen molar-refractivity contribution in [2.45, 2.75) is 57.8 Å². The van der Waals surface area contributed by atoms with Crippen molar-refractivity contribution in [2.75, 3.05) is 18.0 Å². The second-order valence-corrected chi connectivity index (χ2v) is 9.22. The highest BCUT2D eigenvalue weighted by atomic mass is 32.1. The van der Waals surface area contributed by atoms with Crippen LogP contribution in [-0.2, 0) is 20.7 Å². The Balaban J connectivity index is 1.51. The van der Waals surface area contributed by atoms with E-state index in [0.29, 0.717) is 12.8 Å². The highest BCUT2D eigenvalue weighted by molar-refractivity contribution is 7.08. The molecular weight excluding hydrogens is 400 g/mol. The zero-order chi connectivity index (χ0) is 21.6. The van der Waals surface area contributed by atoms with Crippen LogP contribution >= 0.6 is 11.3 Å². The molecule has 2 heterocycles. The number of anilines is 1. The van der Waals surface area contributed by atoms with Crippen LogP contribution in [0.15, 0.2) is 41.1 Å². The molecule has 30 heavy (non-hydrogen) atoms. The first kappa shape index (κ1) is 22.3. The lowest BCUT2D eigenvalue weighted by Gasteiger charge is -2.29. The van der Waals surface area contributed by atoms with Gasteiger partial charge in [0.2, 0.25) is 6.41 Å². The monoisotopic (exact) mass is 430 g/mol. The van der Waals surface area contributed by atoms with E-state index >= 15 is 0 Å². The minimum Gasteiger partial charge on any atom is -0.488 e. The number of carbonyl (C=O) groups excluding carboxylic acids is 2. The van der Waals surface area contributed by atoms with Crippen LogP contribution in [0.3, 0.4) is 0 Å². The van der Waals surface area contributed by atoms with Gasteiger partial charge in [-0.25, -0.2) is 4.79 Å². The summed E-state index contributed by atoms with van der Waals surface area (Å²) in [6.07, 6.45) is 3.00. The van der Waals surface area contributed by atoms with E-state index < -0.39 is 11.6 Å². The van der Waals surface area contributed by atoms with Crippen molar-refractivity contribution in [3.05, 3.63) is 46.7 Å². The number of benzene rings is 1. The summed E-state index contributed by atoms with van der Waals surface area (Å²) in [6, 6.07) is 9.30. The van der Waals surface area contributed by atoms with Gasteiger partial charge in [-0.05, 0) is 63.2 Å². The van der Waals surface area contributed by atoms with Crippen molar-refractivity contribution < 1.29 is 19.1 Å². The average molecular weight is 431 g/mol. The van der Waals surface area contributed by atoms with Crippen molar-refractivity contribution in [2.24, 2.45) is 0 Å².